The van der Waals surface area contributed by atoms with Crippen LogP contribution in [-0.4, -0.2) is 83.2 Å². The van der Waals surface area contributed by atoms with Gasteiger partial charge < -0.3 is 25.0 Å². The summed E-state index contributed by atoms with van der Waals surface area (Å²) in [5, 5.41) is 15.7. The molecule has 1 aliphatic heterocycles. The van der Waals surface area contributed by atoms with Crippen LogP contribution in [0.5, 0.6) is 5.88 Å². The molecule has 15 heteroatoms. The molecule has 4 amide bonds. The van der Waals surface area contributed by atoms with E-state index < -0.39 is 79.7 Å². The van der Waals surface area contributed by atoms with Crippen molar-refractivity contribution >= 4 is 44.6 Å². The maximum absolute atomic E-state index is 14.6. The molecule has 56 heavy (non-hydrogen) atoms. The number of carbonyl (C=O) groups excluding carboxylic acids is 4. The van der Waals surface area contributed by atoms with Crippen molar-refractivity contribution in [2.75, 3.05) is 6.54 Å². The van der Waals surface area contributed by atoms with Gasteiger partial charge in [0.2, 0.25) is 27.7 Å². The minimum Gasteiger partial charge on any atom is -0.472 e. The minimum atomic E-state index is -3.92. The topological polar surface area (TPSA) is 197 Å². The standard InChI is InChI=1S/C41H48N6O8S/c1-8-27-21-41(27,37(50)46-56(52,53)29-17-18-29)45-34(48)32-20-28(23-47(32)36(49)33(39(2,3)4)44-38(51)55-40(5,6)7)54-35-30-12-10-9-11-26(30)19-31(43-35)25-15-13-24(22-42)14-16-25/h8-16,19,27-29,32-33H,1,17-18,20-21,23H2,2-7H3,(H,44,51)(H,45,48)(H,46,50)/t27-,28-,32+,33-,41-/m1/s1. The summed E-state index contributed by atoms with van der Waals surface area (Å²) in [6.45, 7) is 14.1. The van der Waals surface area contributed by atoms with E-state index in [0.717, 1.165) is 10.9 Å². The van der Waals surface area contributed by atoms with Crippen molar-refractivity contribution in [3.8, 4) is 23.2 Å². The Hall–Kier alpha value is -5.49. The Balaban J connectivity index is 1.33. The second kappa shape index (κ2) is 14.9. The molecule has 5 atom stereocenters. The number of nitriles is 1. The van der Waals surface area contributed by atoms with E-state index in [1.807, 2.05) is 30.3 Å². The second-order valence-electron chi connectivity index (χ2n) is 16.8. The highest BCUT2D eigenvalue weighted by molar-refractivity contribution is 7.91. The first-order valence-electron chi connectivity index (χ1n) is 18.6. The molecule has 14 nitrogen and oxygen atoms in total. The van der Waals surface area contributed by atoms with Crippen molar-refractivity contribution in [1.82, 2.24) is 25.2 Å². The number of carbonyl (C=O) groups is 4. The van der Waals surface area contributed by atoms with E-state index in [-0.39, 0.29) is 25.3 Å². The molecule has 1 saturated heterocycles. The number of fused-ring (bicyclic) bond motifs is 1. The highest BCUT2D eigenvalue weighted by atomic mass is 32.2. The van der Waals surface area contributed by atoms with Crippen LogP contribution in [0.15, 0.2) is 67.3 Å². The van der Waals surface area contributed by atoms with Gasteiger partial charge in [-0.15, -0.1) is 6.58 Å². The normalized spacial score (nSPS) is 22.7. The van der Waals surface area contributed by atoms with Gasteiger partial charge in [-0.2, -0.15) is 5.26 Å². The van der Waals surface area contributed by atoms with E-state index in [1.54, 1.807) is 65.8 Å². The molecule has 0 bridgehead atoms. The summed E-state index contributed by atoms with van der Waals surface area (Å²) < 4.78 is 39.7. The summed E-state index contributed by atoms with van der Waals surface area (Å²) >= 11 is 0. The molecule has 2 aliphatic carbocycles. The Kier molecular flexibility index (Phi) is 10.7. The summed E-state index contributed by atoms with van der Waals surface area (Å²) in [6.07, 6.45) is 0.893. The molecule has 3 N–H and O–H groups in total. The van der Waals surface area contributed by atoms with Gasteiger partial charge in [-0.05, 0) is 75.1 Å². The van der Waals surface area contributed by atoms with Crippen LogP contribution in [0.2, 0.25) is 0 Å². The van der Waals surface area contributed by atoms with Crippen molar-refractivity contribution in [2.24, 2.45) is 11.3 Å². The van der Waals surface area contributed by atoms with Gasteiger partial charge in [-0.25, -0.2) is 18.2 Å². The number of sulfonamides is 1. The predicted molar refractivity (Wildman–Crippen MR) is 208 cm³/mol. The van der Waals surface area contributed by atoms with Crippen LogP contribution in [0, 0.1) is 22.7 Å². The molecular weight excluding hydrogens is 737 g/mol. The number of hydrogen-bond donors (Lipinski definition) is 3. The molecule has 0 spiro atoms. The van der Waals surface area contributed by atoms with Crippen LogP contribution in [0.3, 0.4) is 0 Å². The third-order valence-corrected chi connectivity index (χ3v) is 12.0. The molecule has 3 fully saturated rings. The molecule has 0 radical (unpaired) electrons. The second-order valence-corrected chi connectivity index (χ2v) is 18.8. The minimum absolute atomic E-state index is 0.0190. The zero-order valence-corrected chi connectivity index (χ0v) is 33.2. The van der Waals surface area contributed by atoms with E-state index >= 15 is 0 Å². The van der Waals surface area contributed by atoms with Crippen molar-refractivity contribution in [3.05, 3.63) is 72.8 Å². The number of hydrogen-bond acceptors (Lipinski definition) is 10. The van der Waals surface area contributed by atoms with E-state index in [0.29, 0.717) is 29.5 Å². The lowest BCUT2D eigenvalue weighted by molar-refractivity contribution is -0.143. The first-order chi connectivity index (χ1) is 26.2. The van der Waals surface area contributed by atoms with E-state index in [2.05, 4.69) is 28.0 Å². The number of rotatable bonds is 11. The molecule has 1 aromatic heterocycles. The molecule has 6 rings (SSSR count). The number of pyridine rings is 1. The Morgan fingerprint density at radius 3 is 2.32 bits per heavy atom. The van der Waals surface area contributed by atoms with Crippen molar-refractivity contribution < 1.29 is 37.1 Å². The number of benzene rings is 2. The molecular formula is C41H48N6O8S. The van der Waals surface area contributed by atoms with Gasteiger partial charge in [-0.3, -0.25) is 19.1 Å². The number of likely N-dealkylation sites (tertiary alicyclic amines) is 1. The van der Waals surface area contributed by atoms with E-state index in [1.165, 1.54) is 11.0 Å². The molecule has 0 unspecified atom stereocenters. The van der Waals surface area contributed by atoms with Gasteiger partial charge >= 0.3 is 6.09 Å². The fourth-order valence-electron chi connectivity index (χ4n) is 6.91. The summed E-state index contributed by atoms with van der Waals surface area (Å²) in [6, 6.07) is 16.1. The maximum Gasteiger partial charge on any atom is 0.408 e. The van der Waals surface area contributed by atoms with Crippen molar-refractivity contribution in [1.29, 1.82) is 5.26 Å². The molecule has 3 aromatic rings. The van der Waals surface area contributed by atoms with Crippen LogP contribution in [-0.2, 0) is 29.1 Å². The number of amides is 4. The lowest BCUT2D eigenvalue weighted by Gasteiger charge is -2.36. The SMILES string of the molecule is C=C[C@@H]1C[C@]1(NC(=O)[C@@H]1C[C@@H](Oc2nc(-c3ccc(C#N)cc3)cc3ccccc23)CN1C(=O)[C@@H](NC(=O)OC(C)(C)C)C(C)(C)C)C(=O)NS(=O)(=O)C1CC1. The number of aromatic nitrogens is 1. The van der Waals surface area contributed by atoms with Gasteiger partial charge in [0.15, 0.2) is 0 Å². The number of nitrogens with zero attached hydrogens (tertiary/aromatic N) is 3. The molecule has 296 valence electrons. The van der Waals surface area contributed by atoms with Crippen LogP contribution in [0.25, 0.3) is 22.0 Å². The van der Waals surface area contributed by atoms with E-state index in [4.69, 9.17) is 14.5 Å². The number of alkyl carbamates (subject to hydrolysis) is 1. The molecule has 2 aromatic carbocycles. The Labute approximate surface area is 327 Å². The third-order valence-electron chi connectivity index (χ3n) is 10.2. The van der Waals surface area contributed by atoms with Gasteiger partial charge in [0.05, 0.1) is 29.1 Å². The number of nitrogens with one attached hydrogen (secondary N) is 3. The predicted octanol–water partition coefficient (Wildman–Crippen LogP) is 4.73. The summed E-state index contributed by atoms with van der Waals surface area (Å²) in [5.41, 5.74) is -1.45. The molecule has 2 heterocycles. The summed E-state index contributed by atoms with van der Waals surface area (Å²) in [5.74, 6) is -2.42. The lowest BCUT2D eigenvalue weighted by atomic mass is 9.85. The van der Waals surface area contributed by atoms with Crippen molar-refractivity contribution in [3.63, 3.8) is 0 Å². The van der Waals surface area contributed by atoms with Gasteiger partial charge in [0, 0.05) is 23.3 Å². The van der Waals surface area contributed by atoms with Crippen molar-refractivity contribution in [2.45, 2.75) is 102 Å². The molecule has 3 aliphatic rings. The molecule has 2 saturated carbocycles. The fraction of sp³-hybridized carbons (Fsp3) is 0.463. The Morgan fingerprint density at radius 1 is 1.05 bits per heavy atom. The first kappa shape index (κ1) is 40.2. The number of ether oxygens (including phenoxy) is 2. The average Bonchev–Trinajstić information content (AvgIpc) is 4.06. The smallest absolute Gasteiger partial charge is 0.408 e. The Morgan fingerprint density at radius 2 is 1.73 bits per heavy atom. The van der Waals surface area contributed by atoms with Gasteiger partial charge in [-0.1, -0.05) is 57.2 Å². The quantitative estimate of drug-likeness (QED) is 0.229. The van der Waals surface area contributed by atoms with E-state index in [9.17, 15) is 32.9 Å². The zero-order valence-electron chi connectivity index (χ0n) is 32.4. The largest absolute Gasteiger partial charge is 0.472 e. The highest BCUT2D eigenvalue weighted by Gasteiger charge is 2.62. The summed E-state index contributed by atoms with van der Waals surface area (Å²) in [7, 11) is -3.92. The summed E-state index contributed by atoms with van der Waals surface area (Å²) in [4.78, 5) is 61.8. The average molecular weight is 785 g/mol. The lowest BCUT2D eigenvalue weighted by Crippen LogP contribution is -2.60. The highest BCUT2D eigenvalue weighted by Crippen LogP contribution is 2.45. The van der Waals surface area contributed by atoms with Crippen LogP contribution in [0.4, 0.5) is 4.79 Å². The van der Waals surface area contributed by atoms with Crippen LogP contribution >= 0.6 is 0 Å². The van der Waals surface area contributed by atoms with Gasteiger partial charge in [0.1, 0.15) is 29.3 Å². The Bertz CT molecular complexity index is 2220. The van der Waals surface area contributed by atoms with Crippen LogP contribution < -0.4 is 20.1 Å². The monoisotopic (exact) mass is 784 g/mol. The third kappa shape index (κ3) is 8.65. The van der Waals surface area contributed by atoms with Crippen LogP contribution in [0.1, 0.15) is 72.8 Å². The fourth-order valence-corrected chi connectivity index (χ4v) is 8.28. The first-order valence-corrected chi connectivity index (χ1v) is 20.2. The zero-order chi connectivity index (χ0) is 40.8. The maximum atomic E-state index is 14.6. The van der Waals surface area contributed by atoms with Gasteiger partial charge in [0.25, 0.3) is 5.91 Å².